The zero-order valence-electron chi connectivity index (χ0n) is 10.7. The molecule has 1 atom stereocenters. The van der Waals surface area contributed by atoms with E-state index >= 15 is 0 Å². The van der Waals surface area contributed by atoms with Crippen molar-refractivity contribution in [2.24, 2.45) is 5.92 Å². The summed E-state index contributed by atoms with van der Waals surface area (Å²) in [5.41, 5.74) is 1.03. The molecule has 0 aromatic carbocycles. The molecule has 0 saturated carbocycles. The predicted octanol–water partition coefficient (Wildman–Crippen LogP) is 2.14. The second-order valence-corrected chi connectivity index (χ2v) is 5.09. The van der Waals surface area contributed by atoms with Gasteiger partial charge in [0.25, 0.3) is 0 Å². The van der Waals surface area contributed by atoms with Gasteiger partial charge in [-0.05, 0) is 25.3 Å². The van der Waals surface area contributed by atoms with Gasteiger partial charge in [0.15, 0.2) is 6.39 Å². The zero-order valence-corrected chi connectivity index (χ0v) is 10.7. The van der Waals surface area contributed by atoms with Gasteiger partial charge in [-0.3, -0.25) is 0 Å². The Morgan fingerprint density at radius 3 is 3.12 bits per heavy atom. The fourth-order valence-corrected chi connectivity index (χ4v) is 2.10. The highest BCUT2D eigenvalue weighted by Crippen LogP contribution is 2.19. The van der Waals surface area contributed by atoms with E-state index in [1.807, 2.05) is 0 Å². The minimum absolute atomic E-state index is 0.326. The molecule has 0 amide bonds. The smallest absolute Gasteiger partial charge is 0.181 e. The second kappa shape index (κ2) is 6.17. The Morgan fingerprint density at radius 1 is 1.53 bits per heavy atom. The third-order valence-corrected chi connectivity index (χ3v) is 3.01. The van der Waals surface area contributed by atoms with Crippen LogP contribution in [0.3, 0.4) is 0 Å². The molecule has 4 heteroatoms. The molecule has 0 aliphatic carbocycles. The Hall–Kier alpha value is -0.870. The van der Waals surface area contributed by atoms with E-state index in [-0.39, 0.29) is 0 Å². The van der Waals surface area contributed by atoms with Gasteiger partial charge in [0.05, 0.1) is 11.8 Å². The number of hydrogen-bond donors (Lipinski definition) is 1. The van der Waals surface area contributed by atoms with E-state index in [1.165, 1.54) is 12.8 Å². The monoisotopic (exact) mass is 238 g/mol. The van der Waals surface area contributed by atoms with E-state index in [2.05, 4.69) is 24.1 Å². The summed E-state index contributed by atoms with van der Waals surface area (Å²) in [6.07, 6.45) is 5.03. The predicted molar refractivity (Wildman–Crippen MR) is 65.7 cm³/mol. The maximum absolute atomic E-state index is 5.62. The van der Waals surface area contributed by atoms with Gasteiger partial charge >= 0.3 is 0 Å². The number of ether oxygens (including phenoxy) is 1. The fraction of sp³-hybridized carbons (Fsp3) is 0.769. The Kier molecular flexibility index (Phi) is 4.57. The fourth-order valence-electron chi connectivity index (χ4n) is 2.10. The van der Waals surface area contributed by atoms with Crippen LogP contribution in [0.4, 0.5) is 0 Å². The van der Waals surface area contributed by atoms with Gasteiger partial charge in [0.1, 0.15) is 5.76 Å². The van der Waals surface area contributed by atoms with E-state index in [1.54, 1.807) is 0 Å². The van der Waals surface area contributed by atoms with Crippen LogP contribution in [-0.2, 0) is 17.7 Å². The molecule has 0 spiro atoms. The summed E-state index contributed by atoms with van der Waals surface area (Å²) in [6.45, 7) is 7.08. The van der Waals surface area contributed by atoms with Crippen LogP contribution in [0.5, 0.6) is 0 Å². The Bertz CT molecular complexity index is 330. The van der Waals surface area contributed by atoms with Crippen LogP contribution in [0, 0.1) is 5.92 Å². The number of nitrogens with one attached hydrogen (secondary N) is 1. The molecule has 1 aromatic heterocycles. The number of oxazole rings is 1. The molecular weight excluding hydrogens is 216 g/mol. The van der Waals surface area contributed by atoms with Gasteiger partial charge in [-0.25, -0.2) is 4.98 Å². The lowest BCUT2D eigenvalue weighted by molar-refractivity contribution is 0.106. The second-order valence-electron chi connectivity index (χ2n) is 5.09. The lowest BCUT2D eigenvalue weighted by Crippen LogP contribution is -2.20. The highest BCUT2D eigenvalue weighted by atomic mass is 16.5. The third kappa shape index (κ3) is 3.82. The molecule has 96 valence electrons. The summed E-state index contributed by atoms with van der Waals surface area (Å²) in [7, 11) is 0. The summed E-state index contributed by atoms with van der Waals surface area (Å²) in [5.74, 6) is 1.64. The molecule has 1 saturated heterocycles. The van der Waals surface area contributed by atoms with Crippen LogP contribution in [0.1, 0.15) is 38.1 Å². The summed E-state index contributed by atoms with van der Waals surface area (Å²) in [6, 6.07) is 0. The summed E-state index contributed by atoms with van der Waals surface area (Å²) < 4.78 is 11.1. The minimum atomic E-state index is 0.326. The van der Waals surface area contributed by atoms with Crippen LogP contribution in [-0.4, -0.2) is 24.2 Å². The molecule has 4 nitrogen and oxygen atoms in total. The maximum Gasteiger partial charge on any atom is 0.181 e. The molecule has 0 bridgehead atoms. The number of rotatable bonds is 6. The van der Waals surface area contributed by atoms with Crippen molar-refractivity contribution in [1.29, 1.82) is 0 Å². The first-order valence-electron chi connectivity index (χ1n) is 6.49. The standard InChI is InChI=1S/C13H22N2O2/c1-10(2)7-14-8-12-13(17-9-15-12)6-11-4-3-5-16-11/h9-11,14H,3-8H2,1-2H3. The van der Waals surface area contributed by atoms with Gasteiger partial charge in [-0.15, -0.1) is 0 Å². The quantitative estimate of drug-likeness (QED) is 0.825. The molecule has 2 heterocycles. The van der Waals surface area contributed by atoms with Crippen molar-refractivity contribution in [3.63, 3.8) is 0 Å². The van der Waals surface area contributed by atoms with E-state index < -0.39 is 0 Å². The average molecular weight is 238 g/mol. The molecule has 0 radical (unpaired) electrons. The molecule has 1 aliphatic heterocycles. The van der Waals surface area contributed by atoms with E-state index in [0.717, 1.165) is 44.0 Å². The van der Waals surface area contributed by atoms with Crippen molar-refractivity contribution < 1.29 is 9.15 Å². The van der Waals surface area contributed by atoms with Crippen molar-refractivity contribution in [2.45, 2.75) is 45.8 Å². The highest BCUT2D eigenvalue weighted by Gasteiger charge is 2.19. The van der Waals surface area contributed by atoms with Crippen LogP contribution in [0.2, 0.25) is 0 Å². The minimum Gasteiger partial charge on any atom is -0.448 e. The van der Waals surface area contributed by atoms with Crippen molar-refractivity contribution in [3.05, 3.63) is 17.8 Å². The topological polar surface area (TPSA) is 47.3 Å². The molecule has 2 rings (SSSR count). The first-order valence-corrected chi connectivity index (χ1v) is 6.49. The van der Waals surface area contributed by atoms with Gasteiger partial charge in [0.2, 0.25) is 0 Å². The molecule has 1 unspecified atom stereocenters. The SMILES string of the molecule is CC(C)CNCc1ncoc1CC1CCCO1. The van der Waals surface area contributed by atoms with Crippen molar-refractivity contribution in [3.8, 4) is 0 Å². The van der Waals surface area contributed by atoms with Crippen LogP contribution in [0.25, 0.3) is 0 Å². The molecule has 1 aromatic rings. The number of aromatic nitrogens is 1. The van der Waals surface area contributed by atoms with Gasteiger partial charge in [-0.1, -0.05) is 13.8 Å². The maximum atomic E-state index is 5.62. The van der Waals surface area contributed by atoms with Crippen molar-refractivity contribution >= 4 is 0 Å². The number of nitrogens with zero attached hydrogens (tertiary/aromatic N) is 1. The Labute approximate surface area is 103 Å². The van der Waals surface area contributed by atoms with Crippen LogP contribution >= 0.6 is 0 Å². The molecule has 1 fully saturated rings. The van der Waals surface area contributed by atoms with Crippen LogP contribution in [0.15, 0.2) is 10.8 Å². The molecule has 1 aliphatic rings. The van der Waals surface area contributed by atoms with Gasteiger partial charge in [0, 0.05) is 19.6 Å². The van der Waals surface area contributed by atoms with Crippen molar-refractivity contribution in [1.82, 2.24) is 10.3 Å². The molecule has 1 N–H and O–H groups in total. The Balaban J connectivity index is 1.83. The summed E-state index contributed by atoms with van der Waals surface area (Å²) in [5, 5.41) is 3.39. The van der Waals surface area contributed by atoms with Crippen LogP contribution < -0.4 is 5.32 Å². The molecule has 17 heavy (non-hydrogen) atoms. The molecular formula is C13H22N2O2. The van der Waals surface area contributed by atoms with Crippen molar-refractivity contribution in [2.75, 3.05) is 13.2 Å². The lowest BCUT2D eigenvalue weighted by Gasteiger charge is -2.09. The van der Waals surface area contributed by atoms with E-state index in [4.69, 9.17) is 9.15 Å². The van der Waals surface area contributed by atoms with Gasteiger partial charge < -0.3 is 14.5 Å². The normalized spacial score (nSPS) is 20.3. The van der Waals surface area contributed by atoms with Gasteiger partial charge in [-0.2, -0.15) is 0 Å². The Morgan fingerprint density at radius 2 is 2.41 bits per heavy atom. The lowest BCUT2D eigenvalue weighted by atomic mass is 10.1. The third-order valence-electron chi connectivity index (χ3n) is 3.01. The average Bonchev–Trinajstić information content (AvgIpc) is 2.91. The number of hydrogen-bond acceptors (Lipinski definition) is 4. The first kappa shape index (κ1) is 12.6. The highest BCUT2D eigenvalue weighted by molar-refractivity contribution is 5.08. The van der Waals surface area contributed by atoms with E-state index in [9.17, 15) is 0 Å². The summed E-state index contributed by atoms with van der Waals surface area (Å²) in [4.78, 5) is 4.27. The first-order chi connectivity index (χ1) is 8.25. The van der Waals surface area contributed by atoms with E-state index in [0.29, 0.717) is 12.0 Å². The largest absolute Gasteiger partial charge is 0.448 e. The zero-order chi connectivity index (χ0) is 12.1. The summed E-state index contributed by atoms with van der Waals surface area (Å²) >= 11 is 0.